The number of urea groups is 1. The Hall–Kier alpha value is -2.96. The van der Waals surface area contributed by atoms with Crippen LogP contribution in [0.25, 0.3) is 0 Å². The fourth-order valence-corrected chi connectivity index (χ4v) is 5.10. The van der Waals surface area contributed by atoms with E-state index >= 15 is 0 Å². The topological polar surface area (TPSA) is 88.5 Å². The third-order valence-electron chi connectivity index (χ3n) is 6.94. The van der Waals surface area contributed by atoms with Gasteiger partial charge in [-0.3, -0.25) is 4.79 Å². The summed E-state index contributed by atoms with van der Waals surface area (Å²) in [4.78, 5) is 28.9. The highest BCUT2D eigenvalue weighted by atomic mass is 19.4. The van der Waals surface area contributed by atoms with Gasteiger partial charge in [-0.05, 0) is 55.7 Å². The van der Waals surface area contributed by atoms with Crippen molar-refractivity contribution < 1.29 is 22.8 Å². The van der Waals surface area contributed by atoms with Gasteiger partial charge in [0.15, 0.2) is 0 Å². The predicted molar refractivity (Wildman–Crippen MR) is 127 cm³/mol. The van der Waals surface area contributed by atoms with E-state index in [1.165, 1.54) is 12.1 Å². The van der Waals surface area contributed by atoms with Gasteiger partial charge in [0, 0.05) is 45.0 Å². The van der Waals surface area contributed by atoms with E-state index in [2.05, 4.69) is 10.6 Å². The molecule has 2 N–H and O–H groups in total. The fourth-order valence-electron chi connectivity index (χ4n) is 5.10. The molecule has 2 atom stereocenters. The van der Waals surface area contributed by atoms with Crippen molar-refractivity contribution in [3.05, 3.63) is 29.3 Å². The molecule has 0 bridgehead atoms. The average molecular weight is 494 g/mol. The third-order valence-corrected chi connectivity index (χ3v) is 6.94. The standard InChI is InChI=1S/C25H34F3N5O2/c1-4-30-23(34)21-15-33(19-6-5-18(12-29)22(11-19)25(26,27)28)14-20(21)17-7-9-32(10-8-17)24(35)31-13-16(2)3/h5-6,11,16-17,20-21H,4,7-10,13-15H2,1-3H3,(H,30,34)(H,31,35)/t20-,21+/m0/s1. The molecule has 3 rings (SSSR count). The molecule has 2 aliphatic rings. The number of likely N-dealkylation sites (tertiary alicyclic amines) is 1. The lowest BCUT2D eigenvalue weighted by Gasteiger charge is -2.36. The van der Waals surface area contributed by atoms with Crippen molar-refractivity contribution in [1.29, 1.82) is 5.26 Å². The highest BCUT2D eigenvalue weighted by Gasteiger charge is 2.43. The molecule has 7 nitrogen and oxygen atoms in total. The number of nitriles is 1. The summed E-state index contributed by atoms with van der Waals surface area (Å²) in [5.41, 5.74) is -1.02. The molecule has 1 aromatic carbocycles. The number of carbonyl (C=O) groups excluding carboxylic acids is 2. The Labute approximate surface area is 204 Å². The predicted octanol–water partition coefficient (Wildman–Crippen LogP) is 3.84. The zero-order chi connectivity index (χ0) is 25.8. The lowest BCUT2D eigenvalue weighted by atomic mass is 9.78. The van der Waals surface area contributed by atoms with Crippen molar-refractivity contribution in [2.45, 2.75) is 39.8 Å². The number of benzene rings is 1. The second-order valence-electron chi connectivity index (χ2n) is 9.81. The first kappa shape index (κ1) is 26.6. The molecule has 10 heteroatoms. The van der Waals surface area contributed by atoms with Crippen LogP contribution in [-0.4, -0.2) is 56.1 Å². The maximum absolute atomic E-state index is 13.5. The van der Waals surface area contributed by atoms with E-state index in [9.17, 15) is 22.8 Å². The molecule has 3 amide bonds. The minimum absolute atomic E-state index is 0.0348. The molecule has 1 aromatic rings. The number of piperidine rings is 1. The number of anilines is 1. The first-order valence-corrected chi connectivity index (χ1v) is 12.2. The van der Waals surface area contributed by atoms with Gasteiger partial charge in [-0.15, -0.1) is 0 Å². The average Bonchev–Trinajstić information content (AvgIpc) is 3.27. The first-order valence-electron chi connectivity index (χ1n) is 12.2. The Morgan fingerprint density at radius 3 is 2.43 bits per heavy atom. The summed E-state index contributed by atoms with van der Waals surface area (Å²) >= 11 is 0. The van der Waals surface area contributed by atoms with Gasteiger partial charge in [-0.1, -0.05) is 13.8 Å². The van der Waals surface area contributed by atoms with Crippen LogP contribution in [0.1, 0.15) is 44.7 Å². The number of hydrogen-bond donors (Lipinski definition) is 2. The summed E-state index contributed by atoms with van der Waals surface area (Å²) in [7, 11) is 0. The molecule has 35 heavy (non-hydrogen) atoms. The number of amides is 3. The Morgan fingerprint density at radius 2 is 1.86 bits per heavy atom. The minimum atomic E-state index is -4.64. The highest BCUT2D eigenvalue weighted by molar-refractivity contribution is 5.80. The first-order chi connectivity index (χ1) is 16.5. The number of hydrogen-bond acceptors (Lipinski definition) is 4. The SMILES string of the molecule is CCNC(=O)[C@@H]1CN(c2ccc(C#N)c(C(F)(F)F)c2)C[C@H]1C1CCN(C(=O)NCC(C)C)CC1. The van der Waals surface area contributed by atoms with Crippen LogP contribution in [0.3, 0.4) is 0 Å². The number of rotatable bonds is 6. The smallest absolute Gasteiger partial charge is 0.370 e. The molecule has 192 valence electrons. The molecule has 0 radical (unpaired) electrons. The van der Waals surface area contributed by atoms with Crippen LogP contribution < -0.4 is 15.5 Å². The van der Waals surface area contributed by atoms with Crippen LogP contribution in [0.2, 0.25) is 0 Å². The normalized spacial score (nSPS) is 21.2. The fraction of sp³-hybridized carbons (Fsp3) is 0.640. The van der Waals surface area contributed by atoms with Crippen molar-refractivity contribution in [3.63, 3.8) is 0 Å². The number of nitrogens with zero attached hydrogens (tertiary/aromatic N) is 3. The third kappa shape index (κ3) is 6.38. The summed E-state index contributed by atoms with van der Waals surface area (Å²) < 4.78 is 40.5. The Balaban J connectivity index is 1.75. The van der Waals surface area contributed by atoms with E-state index in [1.54, 1.807) is 11.0 Å². The molecule has 2 saturated heterocycles. The minimum Gasteiger partial charge on any atom is -0.370 e. The lowest BCUT2D eigenvalue weighted by Crippen LogP contribution is -2.47. The van der Waals surface area contributed by atoms with Crippen LogP contribution in [0.4, 0.5) is 23.7 Å². The molecule has 0 unspecified atom stereocenters. The van der Waals surface area contributed by atoms with Gasteiger partial charge in [0.05, 0.1) is 23.1 Å². The number of carbonyl (C=O) groups is 2. The molecule has 2 heterocycles. The summed E-state index contributed by atoms with van der Waals surface area (Å²) in [5, 5.41) is 14.9. The quantitative estimate of drug-likeness (QED) is 0.630. The Kier molecular flexibility index (Phi) is 8.51. The van der Waals surface area contributed by atoms with Crippen LogP contribution in [0.5, 0.6) is 0 Å². The monoisotopic (exact) mass is 493 g/mol. The second-order valence-corrected chi connectivity index (χ2v) is 9.81. The van der Waals surface area contributed by atoms with Crippen molar-refractivity contribution >= 4 is 17.6 Å². The zero-order valence-electron chi connectivity index (χ0n) is 20.5. The van der Waals surface area contributed by atoms with Crippen molar-refractivity contribution in [1.82, 2.24) is 15.5 Å². The van der Waals surface area contributed by atoms with Crippen LogP contribution in [0, 0.1) is 35.0 Å². The largest absolute Gasteiger partial charge is 0.417 e. The molecule has 0 saturated carbocycles. The van der Waals surface area contributed by atoms with E-state index in [4.69, 9.17) is 5.26 Å². The van der Waals surface area contributed by atoms with Gasteiger partial charge in [0.25, 0.3) is 0 Å². The van der Waals surface area contributed by atoms with E-state index in [-0.39, 0.29) is 29.7 Å². The second kappa shape index (κ2) is 11.2. The molecule has 0 aliphatic carbocycles. The summed E-state index contributed by atoms with van der Waals surface area (Å²) in [6.07, 6.45) is -3.16. The molecule has 2 aliphatic heterocycles. The molecule has 0 spiro atoms. The number of nitrogens with one attached hydrogen (secondary N) is 2. The van der Waals surface area contributed by atoms with Crippen LogP contribution in [-0.2, 0) is 11.0 Å². The number of alkyl halides is 3. The number of halogens is 3. The maximum atomic E-state index is 13.5. The summed E-state index contributed by atoms with van der Waals surface area (Å²) in [6.45, 7) is 8.93. The Bertz CT molecular complexity index is 951. The van der Waals surface area contributed by atoms with Crippen LogP contribution in [0.15, 0.2) is 18.2 Å². The molecular formula is C25H34F3N5O2. The highest BCUT2D eigenvalue weighted by Crippen LogP contribution is 2.40. The van der Waals surface area contributed by atoms with Gasteiger partial charge in [0.1, 0.15) is 0 Å². The molecular weight excluding hydrogens is 459 g/mol. The summed E-state index contributed by atoms with van der Waals surface area (Å²) in [6, 6.07) is 5.26. The molecule has 0 aromatic heterocycles. The zero-order valence-corrected chi connectivity index (χ0v) is 20.5. The van der Waals surface area contributed by atoms with Crippen molar-refractivity contribution in [3.8, 4) is 6.07 Å². The van der Waals surface area contributed by atoms with Gasteiger partial charge in [0.2, 0.25) is 5.91 Å². The van der Waals surface area contributed by atoms with Gasteiger partial charge in [-0.2, -0.15) is 18.4 Å². The molecule has 2 fully saturated rings. The van der Waals surface area contributed by atoms with Crippen molar-refractivity contribution in [2.24, 2.45) is 23.7 Å². The van der Waals surface area contributed by atoms with Gasteiger partial charge >= 0.3 is 12.2 Å². The van der Waals surface area contributed by atoms with Gasteiger partial charge in [-0.25, -0.2) is 4.79 Å². The van der Waals surface area contributed by atoms with E-state index in [0.717, 1.165) is 18.9 Å². The van der Waals surface area contributed by atoms with E-state index in [1.807, 2.05) is 25.7 Å². The van der Waals surface area contributed by atoms with Crippen molar-refractivity contribution in [2.75, 3.05) is 44.2 Å². The van der Waals surface area contributed by atoms with Crippen LogP contribution >= 0.6 is 0 Å². The summed E-state index contributed by atoms with van der Waals surface area (Å²) in [5.74, 6) is 0.0570. The van der Waals surface area contributed by atoms with Gasteiger partial charge < -0.3 is 20.4 Å². The van der Waals surface area contributed by atoms with E-state index in [0.29, 0.717) is 50.9 Å². The Morgan fingerprint density at radius 1 is 1.17 bits per heavy atom. The van der Waals surface area contributed by atoms with E-state index < -0.39 is 17.3 Å². The maximum Gasteiger partial charge on any atom is 0.417 e. The lowest BCUT2D eigenvalue weighted by molar-refractivity contribution is -0.137.